The molecule has 2 aromatic rings. The molecular weight excluding hydrogens is 360 g/mol. The minimum Gasteiger partial charge on any atom is -0.439 e. The highest BCUT2D eigenvalue weighted by molar-refractivity contribution is 9.10. The van der Waals surface area contributed by atoms with Gasteiger partial charge >= 0.3 is 0 Å². The summed E-state index contributed by atoms with van der Waals surface area (Å²) in [6.45, 7) is 0. The molecule has 2 rings (SSSR count). The average molecular weight is 367 g/mol. The Kier molecular flexibility index (Phi) is 4.73. The zero-order valence-electron chi connectivity index (χ0n) is 8.96. The first-order valence-corrected chi connectivity index (χ1v) is 7.02. The van der Waals surface area contributed by atoms with Gasteiger partial charge in [0.2, 0.25) is 5.88 Å². The number of hydrogen-bond acceptors (Lipinski definition) is 2. The SMILES string of the molecule is ClCc1cc(Br)cnc1Oc1ccc(Cl)c(Cl)c1. The number of alkyl halides is 1. The number of benzene rings is 1. The maximum Gasteiger partial charge on any atom is 0.223 e. The van der Waals surface area contributed by atoms with E-state index in [1.54, 1.807) is 24.4 Å². The Morgan fingerprint density at radius 2 is 1.94 bits per heavy atom. The maximum absolute atomic E-state index is 5.91. The van der Waals surface area contributed by atoms with Crippen molar-refractivity contribution in [3.05, 3.63) is 50.5 Å². The second-order valence-electron chi connectivity index (χ2n) is 3.43. The van der Waals surface area contributed by atoms with Crippen molar-refractivity contribution < 1.29 is 4.74 Å². The van der Waals surface area contributed by atoms with Crippen LogP contribution in [0, 0.1) is 0 Å². The molecule has 0 amide bonds. The lowest BCUT2D eigenvalue weighted by atomic mass is 10.3. The van der Waals surface area contributed by atoms with E-state index in [1.165, 1.54) is 0 Å². The summed E-state index contributed by atoms with van der Waals surface area (Å²) in [5.74, 6) is 1.32. The van der Waals surface area contributed by atoms with E-state index in [9.17, 15) is 0 Å². The number of aromatic nitrogens is 1. The molecule has 0 N–H and O–H groups in total. The number of rotatable bonds is 3. The van der Waals surface area contributed by atoms with E-state index in [4.69, 9.17) is 39.5 Å². The number of hydrogen-bond donors (Lipinski definition) is 0. The normalized spacial score (nSPS) is 10.4. The quantitative estimate of drug-likeness (QED) is 0.651. The fourth-order valence-corrected chi connectivity index (χ4v) is 2.17. The van der Waals surface area contributed by atoms with Crippen LogP contribution in [0.15, 0.2) is 34.9 Å². The van der Waals surface area contributed by atoms with Crippen LogP contribution >= 0.6 is 50.7 Å². The van der Waals surface area contributed by atoms with Gasteiger partial charge in [0.05, 0.1) is 15.9 Å². The molecule has 18 heavy (non-hydrogen) atoms. The van der Waals surface area contributed by atoms with Crippen LogP contribution in [0.25, 0.3) is 0 Å². The van der Waals surface area contributed by atoms with E-state index < -0.39 is 0 Å². The monoisotopic (exact) mass is 365 g/mol. The predicted molar refractivity (Wildman–Crippen MR) is 78.0 cm³/mol. The van der Waals surface area contributed by atoms with Crippen LogP contribution < -0.4 is 4.74 Å². The van der Waals surface area contributed by atoms with Crippen LogP contribution in [0.2, 0.25) is 10.0 Å². The van der Waals surface area contributed by atoms with E-state index in [0.29, 0.717) is 27.6 Å². The van der Waals surface area contributed by atoms with Gasteiger partial charge < -0.3 is 4.74 Å². The summed E-state index contributed by atoms with van der Waals surface area (Å²) in [4.78, 5) is 4.17. The van der Waals surface area contributed by atoms with Gasteiger partial charge in [-0.15, -0.1) is 11.6 Å². The van der Waals surface area contributed by atoms with Gasteiger partial charge in [0.25, 0.3) is 0 Å². The Morgan fingerprint density at radius 1 is 1.17 bits per heavy atom. The summed E-state index contributed by atoms with van der Waals surface area (Å²) in [5, 5.41) is 0.907. The Morgan fingerprint density at radius 3 is 2.61 bits per heavy atom. The third kappa shape index (κ3) is 3.29. The summed E-state index contributed by atoms with van der Waals surface area (Å²) in [6, 6.07) is 6.87. The largest absolute Gasteiger partial charge is 0.439 e. The molecular formula is C12H7BrCl3NO. The molecule has 0 saturated carbocycles. The molecule has 1 heterocycles. The van der Waals surface area contributed by atoms with Crippen LogP contribution in [-0.4, -0.2) is 4.98 Å². The highest BCUT2D eigenvalue weighted by Gasteiger charge is 2.08. The van der Waals surface area contributed by atoms with Crippen molar-refractivity contribution >= 4 is 50.7 Å². The van der Waals surface area contributed by atoms with Crippen molar-refractivity contribution in [1.29, 1.82) is 0 Å². The number of ether oxygens (including phenoxy) is 1. The minimum atomic E-state index is 0.309. The average Bonchev–Trinajstić information content (AvgIpc) is 2.36. The van der Waals surface area contributed by atoms with Gasteiger partial charge in [-0.25, -0.2) is 4.98 Å². The van der Waals surface area contributed by atoms with Crippen LogP contribution in [0.1, 0.15) is 5.56 Å². The van der Waals surface area contributed by atoms with Crippen molar-refractivity contribution in [1.82, 2.24) is 4.98 Å². The Balaban J connectivity index is 2.30. The van der Waals surface area contributed by atoms with Crippen molar-refractivity contribution in [2.75, 3.05) is 0 Å². The maximum atomic E-state index is 5.91. The molecule has 6 heteroatoms. The van der Waals surface area contributed by atoms with Gasteiger partial charge in [0.1, 0.15) is 5.75 Å². The van der Waals surface area contributed by atoms with Crippen molar-refractivity contribution in [3.8, 4) is 11.6 Å². The molecule has 0 saturated heterocycles. The zero-order chi connectivity index (χ0) is 13.1. The molecule has 0 radical (unpaired) electrons. The highest BCUT2D eigenvalue weighted by atomic mass is 79.9. The highest BCUT2D eigenvalue weighted by Crippen LogP contribution is 2.31. The standard InChI is InChI=1S/C12H7BrCl3NO/c13-8-3-7(5-14)12(17-6-8)18-9-1-2-10(15)11(16)4-9/h1-4,6H,5H2. The first-order valence-electron chi connectivity index (χ1n) is 4.93. The summed E-state index contributed by atoms with van der Waals surface area (Å²) in [5.41, 5.74) is 0.789. The molecule has 1 aromatic heterocycles. The molecule has 2 nitrogen and oxygen atoms in total. The lowest BCUT2D eigenvalue weighted by Gasteiger charge is -2.09. The minimum absolute atomic E-state index is 0.309. The predicted octanol–water partition coefficient (Wildman–Crippen LogP) is 5.68. The lowest BCUT2D eigenvalue weighted by Crippen LogP contribution is -1.93. The van der Waals surface area contributed by atoms with Crippen LogP contribution in [-0.2, 0) is 5.88 Å². The first kappa shape index (κ1) is 13.9. The number of halogens is 4. The molecule has 0 aliphatic rings. The van der Waals surface area contributed by atoms with Crippen LogP contribution in [0.5, 0.6) is 11.6 Å². The van der Waals surface area contributed by atoms with Gasteiger partial charge in [-0.3, -0.25) is 0 Å². The molecule has 0 atom stereocenters. The smallest absolute Gasteiger partial charge is 0.223 e. The van der Waals surface area contributed by atoms with Gasteiger partial charge in [-0.05, 0) is 34.1 Å². The number of nitrogens with zero attached hydrogens (tertiary/aromatic N) is 1. The summed E-state index contributed by atoms with van der Waals surface area (Å²) in [6.07, 6.45) is 1.64. The first-order chi connectivity index (χ1) is 8.60. The second kappa shape index (κ2) is 6.11. The zero-order valence-corrected chi connectivity index (χ0v) is 12.8. The van der Waals surface area contributed by atoms with Gasteiger partial charge in [0, 0.05) is 22.3 Å². The van der Waals surface area contributed by atoms with E-state index in [0.717, 1.165) is 10.0 Å². The van der Waals surface area contributed by atoms with E-state index in [2.05, 4.69) is 20.9 Å². The Bertz CT molecular complexity index is 577. The molecule has 0 aliphatic heterocycles. The van der Waals surface area contributed by atoms with E-state index in [-0.39, 0.29) is 0 Å². The van der Waals surface area contributed by atoms with Gasteiger partial charge in [-0.1, -0.05) is 23.2 Å². The fourth-order valence-electron chi connectivity index (χ4n) is 1.31. The molecule has 0 aliphatic carbocycles. The fraction of sp³-hybridized carbons (Fsp3) is 0.0833. The third-order valence-corrected chi connectivity index (χ3v) is 3.60. The molecule has 0 spiro atoms. The van der Waals surface area contributed by atoms with Gasteiger partial charge in [-0.2, -0.15) is 0 Å². The summed E-state index contributed by atoms with van der Waals surface area (Å²) in [7, 11) is 0. The molecule has 0 fully saturated rings. The Labute approximate surface area is 128 Å². The van der Waals surface area contributed by atoms with E-state index >= 15 is 0 Å². The van der Waals surface area contributed by atoms with Crippen LogP contribution in [0.3, 0.4) is 0 Å². The van der Waals surface area contributed by atoms with E-state index in [1.807, 2.05) is 6.07 Å². The van der Waals surface area contributed by atoms with Gasteiger partial charge in [0.15, 0.2) is 0 Å². The van der Waals surface area contributed by atoms with Crippen molar-refractivity contribution in [3.63, 3.8) is 0 Å². The lowest BCUT2D eigenvalue weighted by molar-refractivity contribution is 0.458. The summed E-state index contributed by atoms with van der Waals surface area (Å²) >= 11 is 20.9. The molecule has 0 bridgehead atoms. The third-order valence-electron chi connectivity index (χ3n) is 2.14. The van der Waals surface area contributed by atoms with Crippen molar-refractivity contribution in [2.45, 2.75) is 5.88 Å². The molecule has 1 aromatic carbocycles. The molecule has 94 valence electrons. The molecule has 0 unspecified atom stereocenters. The van der Waals surface area contributed by atoms with Crippen molar-refractivity contribution in [2.24, 2.45) is 0 Å². The van der Waals surface area contributed by atoms with Crippen LogP contribution in [0.4, 0.5) is 0 Å². The second-order valence-corrected chi connectivity index (χ2v) is 5.43. The number of pyridine rings is 1. The topological polar surface area (TPSA) is 22.1 Å². The summed E-state index contributed by atoms with van der Waals surface area (Å²) < 4.78 is 6.48. The Hall–Kier alpha value is -0.480.